The van der Waals surface area contributed by atoms with Crippen LogP contribution in [0.25, 0.3) is 0 Å². The Hall–Kier alpha value is -1.10. The number of nitrogens with zero attached hydrogens (tertiary/aromatic N) is 1. The number of benzene rings is 1. The van der Waals surface area contributed by atoms with Gasteiger partial charge in [-0.15, -0.1) is 0 Å². The molecule has 0 bridgehead atoms. The summed E-state index contributed by atoms with van der Waals surface area (Å²) in [4.78, 5) is 2.38. The zero-order chi connectivity index (χ0) is 14.7. The molecule has 2 N–H and O–H groups in total. The molecule has 4 heteroatoms. The van der Waals surface area contributed by atoms with E-state index in [9.17, 15) is 0 Å². The van der Waals surface area contributed by atoms with Crippen LogP contribution < -0.4 is 10.5 Å². The molecule has 1 saturated heterocycles. The normalized spacial score (nSPS) is 18.1. The van der Waals surface area contributed by atoms with E-state index in [1.165, 1.54) is 16.7 Å². The molecule has 4 nitrogen and oxygen atoms in total. The molecule has 1 atom stereocenters. The molecule has 2 rings (SSSR count). The van der Waals surface area contributed by atoms with Crippen molar-refractivity contribution in [1.82, 2.24) is 4.90 Å². The quantitative estimate of drug-likeness (QED) is 0.914. The molecule has 0 aliphatic carbocycles. The monoisotopic (exact) mass is 278 g/mol. The van der Waals surface area contributed by atoms with Crippen molar-refractivity contribution in [2.75, 3.05) is 40.0 Å². The van der Waals surface area contributed by atoms with Crippen molar-refractivity contribution in [2.45, 2.75) is 26.8 Å². The lowest BCUT2D eigenvalue weighted by molar-refractivity contribution is 0.0352. The number of aryl methyl sites for hydroxylation is 1. The molecular weight excluding hydrogens is 252 g/mol. The summed E-state index contributed by atoms with van der Waals surface area (Å²) in [5.41, 5.74) is 11.3. The fraction of sp³-hybridized carbons (Fsp3) is 0.625. The molecule has 1 aromatic rings. The Morgan fingerprint density at radius 2 is 1.90 bits per heavy atom. The Morgan fingerprint density at radius 1 is 1.25 bits per heavy atom. The van der Waals surface area contributed by atoms with Gasteiger partial charge in [0.05, 0.1) is 20.3 Å². The number of morpholine rings is 1. The third-order valence-corrected chi connectivity index (χ3v) is 4.23. The Morgan fingerprint density at radius 3 is 2.50 bits per heavy atom. The molecule has 0 amide bonds. The Kier molecular flexibility index (Phi) is 5.02. The minimum atomic E-state index is 0.0383. The van der Waals surface area contributed by atoms with Crippen LogP contribution >= 0.6 is 0 Å². The molecule has 112 valence electrons. The van der Waals surface area contributed by atoms with Crippen LogP contribution in [0.5, 0.6) is 5.75 Å². The van der Waals surface area contributed by atoms with E-state index in [0.717, 1.165) is 44.2 Å². The van der Waals surface area contributed by atoms with E-state index in [2.05, 4.69) is 31.7 Å². The summed E-state index contributed by atoms with van der Waals surface area (Å²) in [6, 6.07) is 2.21. The van der Waals surface area contributed by atoms with Crippen LogP contribution in [-0.2, 0) is 4.74 Å². The van der Waals surface area contributed by atoms with Crippen molar-refractivity contribution >= 4 is 0 Å². The van der Waals surface area contributed by atoms with E-state index < -0.39 is 0 Å². The highest BCUT2D eigenvalue weighted by Crippen LogP contribution is 2.31. The first-order valence-corrected chi connectivity index (χ1v) is 7.25. The summed E-state index contributed by atoms with van der Waals surface area (Å²) >= 11 is 0. The van der Waals surface area contributed by atoms with Gasteiger partial charge in [0.2, 0.25) is 0 Å². The van der Waals surface area contributed by atoms with Gasteiger partial charge in [-0.25, -0.2) is 0 Å². The van der Waals surface area contributed by atoms with Crippen molar-refractivity contribution in [3.8, 4) is 5.75 Å². The van der Waals surface area contributed by atoms with Crippen LogP contribution in [0, 0.1) is 20.8 Å². The lowest BCUT2D eigenvalue weighted by Crippen LogP contribution is -2.40. The fourth-order valence-corrected chi connectivity index (χ4v) is 2.95. The number of rotatable bonds is 4. The first-order valence-electron chi connectivity index (χ1n) is 7.25. The molecule has 0 spiro atoms. The molecular formula is C16H26N2O2. The summed E-state index contributed by atoms with van der Waals surface area (Å²) in [5, 5.41) is 0. The maximum atomic E-state index is 6.43. The predicted molar refractivity (Wildman–Crippen MR) is 81.4 cm³/mol. The van der Waals surface area contributed by atoms with Crippen molar-refractivity contribution in [2.24, 2.45) is 5.73 Å². The highest BCUT2D eigenvalue weighted by atomic mass is 16.5. The third kappa shape index (κ3) is 3.14. The number of hydrogen-bond acceptors (Lipinski definition) is 4. The summed E-state index contributed by atoms with van der Waals surface area (Å²) < 4.78 is 10.9. The van der Waals surface area contributed by atoms with E-state index >= 15 is 0 Å². The van der Waals surface area contributed by atoms with Crippen molar-refractivity contribution in [3.63, 3.8) is 0 Å². The summed E-state index contributed by atoms with van der Waals surface area (Å²) in [5.74, 6) is 0.977. The number of ether oxygens (including phenoxy) is 2. The van der Waals surface area contributed by atoms with Gasteiger partial charge in [-0.05, 0) is 43.0 Å². The summed E-state index contributed by atoms with van der Waals surface area (Å²) in [6.07, 6.45) is 0. The standard InChI is InChI=1S/C16H26N2O2/c1-11-9-14(12(2)13(3)16(11)19-4)15(17)10-18-5-7-20-8-6-18/h9,15H,5-8,10,17H2,1-4H3. The van der Waals surface area contributed by atoms with E-state index in [4.69, 9.17) is 15.2 Å². The maximum Gasteiger partial charge on any atom is 0.124 e. The van der Waals surface area contributed by atoms with Gasteiger partial charge in [0.25, 0.3) is 0 Å². The zero-order valence-electron chi connectivity index (χ0n) is 13.0. The van der Waals surface area contributed by atoms with E-state index in [-0.39, 0.29) is 6.04 Å². The van der Waals surface area contributed by atoms with Gasteiger partial charge in [0.15, 0.2) is 0 Å². The van der Waals surface area contributed by atoms with Gasteiger partial charge in [0, 0.05) is 25.7 Å². The van der Waals surface area contributed by atoms with E-state index in [0.29, 0.717) is 0 Å². The average molecular weight is 278 g/mol. The maximum absolute atomic E-state index is 6.43. The molecule has 1 aliphatic heterocycles. The van der Waals surface area contributed by atoms with E-state index in [1.54, 1.807) is 7.11 Å². The first-order chi connectivity index (χ1) is 9.54. The highest BCUT2D eigenvalue weighted by Gasteiger charge is 2.19. The second-order valence-corrected chi connectivity index (χ2v) is 5.59. The molecule has 0 radical (unpaired) electrons. The summed E-state index contributed by atoms with van der Waals surface area (Å²) in [7, 11) is 1.72. The molecule has 1 unspecified atom stereocenters. The smallest absolute Gasteiger partial charge is 0.124 e. The lowest BCUT2D eigenvalue weighted by Gasteiger charge is -2.30. The Balaban J connectivity index is 2.19. The van der Waals surface area contributed by atoms with Crippen molar-refractivity contribution in [3.05, 3.63) is 28.3 Å². The highest BCUT2D eigenvalue weighted by molar-refractivity contribution is 5.50. The third-order valence-electron chi connectivity index (χ3n) is 4.23. The molecule has 1 aromatic carbocycles. The van der Waals surface area contributed by atoms with Gasteiger partial charge in [-0.3, -0.25) is 4.90 Å². The van der Waals surface area contributed by atoms with Gasteiger partial charge in [-0.2, -0.15) is 0 Å². The van der Waals surface area contributed by atoms with Crippen LogP contribution in [-0.4, -0.2) is 44.9 Å². The molecule has 1 fully saturated rings. The Labute approximate surface area is 121 Å². The SMILES string of the molecule is COc1c(C)cc(C(N)CN2CCOCC2)c(C)c1C. The second kappa shape index (κ2) is 6.57. The molecule has 1 aliphatic rings. The molecule has 0 aromatic heterocycles. The van der Waals surface area contributed by atoms with Crippen LogP contribution in [0.4, 0.5) is 0 Å². The topological polar surface area (TPSA) is 47.7 Å². The molecule has 0 saturated carbocycles. The summed E-state index contributed by atoms with van der Waals surface area (Å²) in [6.45, 7) is 10.8. The van der Waals surface area contributed by atoms with Crippen LogP contribution in [0.3, 0.4) is 0 Å². The minimum Gasteiger partial charge on any atom is -0.496 e. The van der Waals surface area contributed by atoms with Crippen LogP contribution in [0.15, 0.2) is 6.07 Å². The predicted octanol–water partition coefficient (Wildman–Crippen LogP) is 1.95. The van der Waals surface area contributed by atoms with E-state index in [1.807, 2.05) is 0 Å². The van der Waals surface area contributed by atoms with Gasteiger partial charge in [-0.1, -0.05) is 6.07 Å². The molecule has 20 heavy (non-hydrogen) atoms. The largest absolute Gasteiger partial charge is 0.496 e. The number of nitrogens with two attached hydrogens (primary N) is 1. The number of hydrogen-bond donors (Lipinski definition) is 1. The van der Waals surface area contributed by atoms with Gasteiger partial charge < -0.3 is 15.2 Å². The number of methoxy groups -OCH3 is 1. The second-order valence-electron chi connectivity index (χ2n) is 5.59. The first kappa shape index (κ1) is 15.3. The lowest BCUT2D eigenvalue weighted by atomic mass is 9.94. The fourth-order valence-electron chi connectivity index (χ4n) is 2.95. The zero-order valence-corrected chi connectivity index (χ0v) is 13.0. The van der Waals surface area contributed by atoms with Crippen LogP contribution in [0.2, 0.25) is 0 Å². The van der Waals surface area contributed by atoms with Crippen molar-refractivity contribution < 1.29 is 9.47 Å². The van der Waals surface area contributed by atoms with Gasteiger partial charge >= 0.3 is 0 Å². The van der Waals surface area contributed by atoms with Crippen molar-refractivity contribution in [1.29, 1.82) is 0 Å². The average Bonchev–Trinajstić information content (AvgIpc) is 2.44. The minimum absolute atomic E-state index is 0.0383. The van der Waals surface area contributed by atoms with Gasteiger partial charge in [0.1, 0.15) is 5.75 Å². The Bertz CT molecular complexity index is 468. The molecule has 1 heterocycles. The van der Waals surface area contributed by atoms with Crippen LogP contribution in [0.1, 0.15) is 28.3 Å².